The summed E-state index contributed by atoms with van der Waals surface area (Å²) >= 11 is 0. The Morgan fingerprint density at radius 2 is 1.51 bits per heavy atom. The Kier molecular flexibility index (Phi) is 7.75. The minimum Gasteiger partial charge on any atom is -0.481 e. The first kappa shape index (κ1) is 25.7. The van der Waals surface area contributed by atoms with Crippen molar-refractivity contribution in [3.63, 3.8) is 0 Å². The summed E-state index contributed by atoms with van der Waals surface area (Å²) in [6.07, 6.45) is -4.86. The molecule has 1 aliphatic heterocycles. The summed E-state index contributed by atoms with van der Waals surface area (Å²) in [4.78, 5) is 59.0. The molecule has 2 heterocycles. The van der Waals surface area contributed by atoms with Gasteiger partial charge in [0.25, 0.3) is 0 Å². The third-order valence-corrected chi connectivity index (χ3v) is 5.96. The van der Waals surface area contributed by atoms with E-state index in [2.05, 4.69) is 0 Å². The number of carbonyl (C=O) groups excluding carboxylic acids is 1. The van der Waals surface area contributed by atoms with E-state index in [0.29, 0.717) is 10.9 Å². The molecule has 0 saturated carbocycles. The molecule has 1 aromatic heterocycles. The van der Waals surface area contributed by atoms with Gasteiger partial charge in [0.05, 0.1) is 20.0 Å². The second-order valence-corrected chi connectivity index (χ2v) is 8.26. The van der Waals surface area contributed by atoms with E-state index >= 15 is 0 Å². The van der Waals surface area contributed by atoms with Gasteiger partial charge in [-0.2, -0.15) is 0 Å². The molecule has 0 aliphatic carbocycles. The third-order valence-electron chi connectivity index (χ3n) is 5.96. The minimum atomic E-state index is -1.52. The molecule has 188 valence electrons. The van der Waals surface area contributed by atoms with Crippen LogP contribution in [0.2, 0.25) is 0 Å². The van der Waals surface area contributed by atoms with E-state index in [4.69, 9.17) is 18.6 Å². The highest BCUT2D eigenvalue weighted by molar-refractivity contribution is 5.81. The van der Waals surface area contributed by atoms with Gasteiger partial charge in [0.2, 0.25) is 6.29 Å². The fourth-order valence-electron chi connectivity index (χ4n) is 4.48. The van der Waals surface area contributed by atoms with Crippen LogP contribution in [0.4, 0.5) is 0 Å². The van der Waals surface area contributed by atoms with Crippen molar-refractivity contribution < 1.29 is 53.1 Å². The van der Waals surface area contributed by atoms with Crippen molar-refractivity contribution >= 4 is 34.8 Å². The van der Waals surface area contributed by atoms with Crippen LogP contribution in [-0.4, -0.2) is 58.7 Å². The Morgan fingerprint density at radius 1 is 0.914 bits per heavy atom. The summed E-state index contributed by atoms with van der Waals surface area (Å²) in [6, 6.07) is 5.82. The summed E-state index contributed by atoms with van der Waals surface area (Å²) in [6.45, 7) is 1.72. The Hall–Kier alpha value is -3.93. The molecule has 1 aromatic carbocycles. The highest BCUT2D eigenvalue weighted by Gasteiger charge is 2.51. The lowest BCUT2D eigenvalue weighted by molar-refractivity contribution is -0.233. The average Bonchev–Trinajstić information content (AvgIpc) is 2.75. The Balaban J connectivity index is 2.06. The molecule has 5 atom stereocenters. The van der Waals surface area contributed by atoms with Crippen LogP contribution >= 0.6 is 0 Å². The van der Waals surface area contributed by atoms with Crippen molar-refractivity contribution in [2.75, 3.05) is 7.11 Å². The van der Waals surface area contributed by atoms with E-state index in [9.17, 15) is 39.3 Å². The van der Waals surface area contributed by atoms with Crippen molar-refractivity contribution in [3.8, 4) is 5.75 Å². The number of methoxy groups -OCH3 is 1. The molecule has 12 heteroatoms. The number of carboxylic acids is 3. The van der Waals surface area contributed by atoms with Gasteiger partial charge in [0.1, 0.15) is 11.3 Å². The van der Waals surface area contributed by atoms with Gasteiger partial charge >= 0.3 is 29.5 Å². The molecule has 12 nitrogen and oxygen atoms in total. The summed E-state index contributed by atoms with van der Waals surface area (Å²) in [5, 5.41) is 28.9. The largest absolute Gasteiger partial charge is 0.481 e. The number of ether oxygens (including phenoxy) is 3. The van der Waals surface area contributed by atoms with Crippen LogP contribution in [0.5, 0.6) is 5.75 Å². The van der Waals surface area contributed by atoms with Crippen molar-refractivity contribution in [1.29, 1.82) is 0 Å². The van der Waals surface area contributed by atoms with E-state index in [1.54, 1.807) is 13.0 Å². The number of carbonyl (C=O) groups is 4. The fraction of sp³-hybridized carbons (Fsp3) is 0.435. The van der Waals surface area contributed by atoms with Gasteiger partial charge < -0.3 is 33.9 Å². The third kappa shape index (κ3) is 5.96. The molecule has 1 fully saturated rings. The summed E-state index contributed by atoms with van der Waals surface area (Å²) in [5.74, 6) is -8.21. The Bertz CT molecular complexity index is 1200. The summed E-state index contributed by atoms with van der Waals surface area (Å²) in [5.41, 5.74) is 0.256. The average molecular weight is 492 g/mol. The molecule has 0 amide bonds. The van der Waals surface area contributed by atoms with Gasteiger partial charge in [0.15, 0.2) is 6.10 Å². The summed E-state index contributed by atoms with van der Waals surface area (Å²) in [7, 11) is 1.06. The van der Waals surface area contributed by atoms with E-state index < -0.39 is 78.9 Å². The number of fused-ring (bicyclic) bond motifs is 1. The molecule has 3 rings (SSSR count). The topological polar surface area (TPSA) is 187 Å². The zero-order chi connectivity index (χ0) is 25.9. The van der Waals surface area contributed by atoms with Crippen molar-refractivity contribution in [2.45, 2.75) is 38.6 Å². The number of hydrogen-bond acceptors (Lipinski definition) is 9. The second-order valence-electron chi connectivity index (χ2n) is 8.26. The lowest BCUT2D eigenvalue weighted by Crippen LogP contribution is -2.54. The fourth-order valence-corrected chi connectivity index (χ4v) is 4.48. The Labute approximate surface area is 198 Å². The van der Waals surface area contributed by atoms with Gasteiger partial charge in [-0.1, -0.05) is 0 Å². The van der Waals surface area contributed by atoms with Crippen LogP contribution in [0.1, 0.15) is 24.8 Å². The lowest BCUT2D eigenvalue weighted by atomic mass is 9.71. The molecule has 0 spiro atoms. The Morgan fingerprint density at radius 3 is 2.11 bits per heavy atom. The predicted molar refractivity (Wildman–Crippen MR) is 116 cm³/mol. The van der Waals surface area contributed by atoms with Crippen LogP contribution in [0.3, 0.4) is 0 Å². The van der Waals surface area contributed by atoms with E-state index in [0.717, 1.165) is 7.11 Å². The van der Waals surface area contributed by atoms with Crippen molar-refractivity contribution in [1.82, 2.24) is 0 Å². The molecule has 35 heavy (non-hydrogen) atoms. The second kappa shape index (κ2) is 10.6. The molecule has 0 bridgehead atoms. The van der Waals surface area contributed by atoms with E-state index in [1.165, 1.54) is 18.2 Å². The molecular formula is C23H24O12. The van der Waals surface area contributed by atoms with Crippen LogP contribution in [0.25, 0.3) is 11.0 Å². The van der Waals surface area contributed by atoms with Gasteiger partial charge in [-0.3, -0.25) is 14.4 Å². The van der Waals surface area contributed by atoms with Gasteiger partial charge in [-0.25, -0.2) is 9.59 Å². The number of benzene rings is 1. The van der Waals surface area contributed by atoms with Crippen LogP contribution in [0.15, 0.2) is 33.5 Å². The zero-order valence-corrected chi connectivity index (χ0v) is 18.8. The zero-order valence-electron chi connectivity index (χ0n) is 18.8. The monoisotopic (exact) mass is 492 g/mol. The quantitative estimate of drug-likeness (QED) is 0.340. The van der Waals surface area contributed by atoms with Gasteiger partial charge in [-0.05, 0) is 30.5 Å². The number of rotatable bonds is 9. The lowest BCUT2D eigenvalue weighted by Gasteiger charge is -2.44. The maximum Gasteiger partial charge on any atom is 0.336 e. The van der Waals surface area contributed by atoms with Crippen molar-refractivity contribution in [3.05, 3.63) is 40.2 Å². The number of esters is 1. The van der Waals surface area contributed by atoms with Crippen LogP contribution in [-0.2, 0) is 28.7 Å². The molecule has 0 unspecified atom stereocenters. The highest BCUT2D eigenvalue weighted by atomic mass is 16.7. The standard InChI is InChI=1S/C23H24O12/c1-10-5-20(30)34-16-6-11(3-4-12(10)16)33-23-15(9-19(28)29)13(7-17(24)25)14(8-18(26)27)21(35-23)22(31)32-2/h3-6,13-15,21,23H,7-9H2,1-2H3,(H,24,25)(H,26,27)(H,28,29)/t13-,14-,15+,21+,23+/m0/s1. The molecule has 2 aromatic rings. The number of aliphatic carboxylic acids is 3. The molecular weight excluding hydrogens is 468 g/mol. The SMILES string of the molecule is COC(=O)[C@@H]1O[C@@H](Oc2ccc3c(C)cc(=O)oc3c2)[C@H](CC(=O)O)[C@@H](CC(=O)O)[C@@H]1CC(=O)O. The first-order chi connectivity index (χ1) is 16.5. The smallest absolute Gasteiger partial charge is 0.336 e. The van der Waals surface area contributed by atoms with Crippen LogP contribution < -0.4 is 10.4 Å². The van der Waals surface area contributed by atoms with Crippen LogP contribution in [0, 0.1) is 24.7 Å². The summed E-state index contributed by atoms with van der Waals surface area (Å²) < 4.78 is 21.5. The molecule has 1 saturated heterocycles. The van der Waals surface area contributed by atoms with Crippen molar-refractivity contribution in [2.24, 2.45) is 17.8 Å². The van der Waals surface area contributed by atoms with E-state index in [-0.39, 0.29) is 11.3 Å². The molecule has 1 aliphatic rings. The molecule has 0 radical (unpaired) electrons. The normalized spacial score (nSPS) is 24.0. The van der Waals surface area contributed by atoms with Gasteiger partial charge in [0, 0.05) is 35.8 Å². The highest BCUT2D eigenvalue weighted by Crippen LogP contribution is 2.42. The predicted octanol–water partition coefficient (Wildman–Crippen LogP) is 1.65. The van der Waals surface area contributed by atoms with E-state index in [1.807, 2.05) is 0 Å². The number of aryl methyl sites for hydroxylation is 1. The maximum absolute atomic E-state index is 12.5. The minimum absolute atomic E-state index is 0.0982. The number of hydrogen-bond donors (Lipinski definition) is 3. The number of carboxylic acid groups (broad SMARTS) is 3. The first-order valence-electron chi connectivity index (χ1n) is 10.6. The van der Waals surface area contributed by atoms with Gasteiger partial charge in [-0.15, -0.1) is 0 Å². The molecule has 3 N–H and O–H groups in total. The maximum atomic E-state index is 12.5. The first-order valence-corrected chi connectivity index (χ1v) is 10.6.